The van der Waals surface area contributed by atoms with Gasteiger partial charge in [-0.3, -0.25) is 0 Å². The summed E-state index contributed by atoms with van der Waals surface area (Å²) in [6, 6.07) is 1.62. The van der Waals surface area contributed by atoms with E-state index in [0.29, 0.717) is 6.42 Å². The topological polar surface area (TPSA) is 67.6 Å². The van der Waals surface area contributed by atoms with Gasteiger partial charge in [0.1, 0.15) is 5.82 Å². The van der Waals surface area contributed by atoms with E-state index >= 15 is 0 Å². The maximum Gasteiger partial charge on any atom is 0.105 e. The summed E-state index contributed by atoms with van der Waals surface area (Å²) in [7, 11) is 0. The van der Waals surface area contributed by atoms with Gasteiger partial charge in [0.05, 0.1) is 12.1 Å². The molecule has 0 radical (unpaired) electrons. The molecule has 0 fully saturated rings. The first-order valence-corrected chi connectivity index (χ1v) is 3.87. The van der Waals surface area contributed by atoms with Gasteiger partial charge in [-0.25, -0.2) is 4.98 Å². The van der Waals surface area contributed by atoms with Crippen LogP contribution in [0.4, 0.5) is 0 Å². The second-order valence-electron chi connectivity index (χ2n) is 2.69. The van der Waals surface area contributed by atoms with E-state index in [0.717, 1.165) is 12.4 Å². The molecule has 4 nitrogen and oxygen atoms in total. The van der Waals surface area contributed by atoms with E-state index in [9.17, 15) is 0 Å². The van der Waals surface area contributed by atoms with Gasteiger partial charge in [0, 0.05) is 18.9 Å². The van der Waals surface area contributed by atoms with E-state index in [4.69, 9.17) is 11.0 Å². The molecule has 1 atom stereocenters. The van der Waals surface area contributed by atoms with E-state index in [-0.39, 0.29) is 6.04 Å². The van der Waals surface area contributed by atoms with Crippen molar-refractivity contribution in [2.75, 3.05) is 0 Å². The van der Waals surface area contributed by atoms with Crippen LogP contribution in [0.15, 0.2) is 12.4 Å². The molecule has 1 heterocycles. The van der Waals surface area contributed by atoms with Gasteiger partial charge in [0.2, 0.25) is 0 Å². The largest absolute Gasteiger partial charge is 0.335 e. The molecule has 0 aliphatic carbocycles. The number of nitriles is 1. The molecule has 1 unspecified atom stereocenters. The maximum absolute atomic E-state index is 8.43. The SMILES string of the molecule is Cc1nccn1CCC(N)C#N. The van der Waals surface area contributed by atoms with Crippen molar-refractivity contribution in [2.24, 2.45) is 5.73 Å². The Morgan fingerprint density at radius 2 is 2.58 bits per heavy atom. The van der Waals surface area contributed by atoms with Crippen molar-refractivity contribution in [3.05, 3.63) is 18.2 Å². The second kappa shape index (κ2) is 3.88. The minimum atomic E-state index is -0.369. The Bertz CT molecular complexity index is 283. The summed E-state index contributed by atoms with van der Waals surface area (Å²) in [6.45, 7) is 2.69. The summed E-state index contributed by atoms with van der Waals surface area (Å²) in [5.41, 5.74) is 5.44. The quantitative estimate of drug-likeness (QED) is 0.704. The van der Waals surface area contributed by atoms with Crippen molar-refractivity contribution >= 4 is 0 Å². The number of rotatable bonds is 3. The molecule has 2 N–H and O–H groups in total. The van der Waals surface area contributed by atoms with Gasteiger partial charge in [0.25, 0.3) is 0 Å². The number of aryl methyl sites for hydroxylation is 2. The van der Waals surface area contributed by atoms with Crippen molar-refractivity contribution in [3.8, 4) is 6.07 Å². The highest BCUT2D eigenvalue weighted by Gasteiger charge is 2.01. The van der Waals surface area contributed by atoms with Gasteiger partial charge in [-0.2, -0.15) is 5.26 Å². The Kier molecular flexibility index (Phi) is 2.83. The highest BCUT2D eigenvalue weighted by atomic mass is 15.0. The average molecular weight is 164 g/mol. The number of nitrogens with two attached hydrogens (primary N) is 1. The number of imidazole rings is 1. The van der Waals surface area contributed by atoms with Crippen LogP contribution < -0.4 is 5.73 Å². The molecule has 0 aliphatic rings. The van der Waals surface area contributed by atoms with Crippen LogP contribution in [0.3, 0.4) is 0 Å². The van der Waals surface area contributed by atoms with Crippen LogP contribution in [0, 0.1) is 18.3 Å². The zero-order chi connectivity index (χ0) is 8.97. The molecule has 12 heavy (non-hydrogen) atoms. The molecule has 0 bridgehead atoms. The van der Waals surface area contributed by atoms with Crippen LogP contribution in [0.1, 0.15) is 12.2 Å². The molecule has 1 rings (SSSR count). The van der Waals surface area contributed by atoms with Crippen LogP contribution in [0.2, 0.25) is 0 Å². The molecule has 0 aromatic carbocycles. The highest BCUT2D eigenvalue weighted by molar-refractivity contribution is 4.91. The normalized spacial score (nSPS) is 12.4. The van der Waals surface area contributed by atoms with Gasteiger partial charge in [0.15, 0.2) is 0 Å². The number of hydrogen-bond acceptors (Lipinski definition) is 3. The Hall–Kier alpha value is -1.34. The van der Waals surface area contributed by atoms with E-state index in [1.54, 1.807) is 6.20 Å². The fourth-order valence-electron chi connectivity index (χ4n) is 0.983. The van der Waals surface area contributed by atoms with Gasteiger partial charge >= 0.3 is 0 Å². The smallest absolute Gasteiger partial charge is 0.105 e. The lowest BCUT2D eigenvalue weighted by atomic mass is 10.2. The molecule has 4 heteroatoms. The number of aromatic nitrogens is 2. The fraction of sp³-hybridized carbons (Fsp3) is 0.500. The molecular weight excluding hydrogens is 152 g/mol. The van der Waals surface area contributed by atoms with Gasteiger partial charge in [-0.15, -0.1) is 0 Å². The van der Waals surface area contributed by atoms with Crippen LogP contribution in [-0.2, 0) is 6.54 Å². The number of nitrogens with zero attached hydrogens (tertiary/aromatic N) is 3. The third-order valence-corrected chi connectivity index (χ3v) is 1.77. The Morgan fingerprint density at radius 1 is 1.83 bits per heavy atom. The number of hydrogen-bond donors (Lipinski definition) is 1. The van der Waals surface area contributed by atoms with Gasteiger partial charge in [-0.05, 0) is 13.3 Å². The monoisotopic (exact) mass is 164 g/mol. The zero-order valence-corrected chi connectivity index (χ0v) is 7.07. The van der Waals surface area contributed by atoms with E-state index < -0.39 is 0 Å². The molecule has 1 aromatic rings. The van der Waals surface area contributed by atoms with Crippen molar-refractivity contribution < 1.29 is 0 Å². The summed E-state index contributed by atoms with van der Waals surface area (Å²) >= 11 is 0. The van der Waals surface area contributed by atoms with Crippen LogP contribution in [0.25, 0.3) is 0 Å². The van der Waals surface area contributed by atoms with Crippen molar-refractivity contribution in [3.63, 3.8) is 0 Å². The Balaban J connectivity index is 2.44. The summed E-state index contributed by atoms with van der Waals surface area (Å²) < 4.78 is 1.98. The first-order chi connectivity index (χ1) is 5.74. The van der Waals surface area contributed by atoms with E-state index in [1.165, 1.54) is 0 Å². The molecule has 0 amide bonds. The van der Waals surface area contributed by atoms with Gasteiger partial charge < -0.3 is 10.3 Å². The predicted molar refractivity (Wildman–Crippen MR) is 45.2 cm³/mol. The molecule has 0 spiro atoms. The van der Waals surface area contributed by atoms with Crippen LogP contribution in [-0.4, -0.2) is 15.6 Å². The third kappa shape index (κ3) is 2.07. The Morgan fingerprint density at radius 3 is 3.08 bits per heavy atom. The average Bonchev–Trinajstić information content (AvgIpc) is 2.47. The van der Waals surface area contributed by atoms with Crippen molar-refractivity contribution in [1.29, 1.82) is 5.26 Å². The van der Waals surface area contributed by atoms with Gasteiger partial charge in [-0.1, -0.05) is 0 Å². The molecule has 64 valence electrons. The minimum Gasteiger partial charge on any atom is -0.335 e. The van der Waals surface area contributed by atoms with Crippen LogP contribution >= 0.6 is 0 Å². The van der Waals surface area contributed by atoms with Crippen LogP contribution in [0.5, 0.6) is 0 Å². The second-order valence-corrected chi connectivity index (χ2v) is 2.69. The molecular formula is C8H12N4. The third-order valence-electron chi connectivity index (χ3n) is 1.77. The summed E-state index contributed by atoms with van der Waals surface area (Å²) in [5.74, 6) is 0.958. The minimum absolute atomic E-state index is 0.369. The lowest BCUT2D eigenvalue weighted by Crippen LogP contribution is -2.19. The predicted octanol–water partition coefficient (Wildman–Crippen LogP) is 0.432. The lowest BCUT2D eigenvalue weighted by Gasteiger charge is -2.05. The lowest BCUT2D eigenvalue weighted by molar-refractivity contribution is 0.593. The highest BCUT2D eigenvalue weighted by Crippen LogP contribution is 1.98. The first kappa shape index (κ1) is 8.75. The fourth-order valence-corrected chi connectivity index (χ4v) is 0.983. The molecule has 0 saturated heterocycles. The van der Waals surface area contributed by atoms with Crippen molar-refractivity contribution in [1.82, 2.24) is 9.55 Å². The Labute approximate surface area is 71.6 Å². The first-order valence-electron chi connectivity index (χ1n) is 3.87. The van der Waals surface area contributed by atoms with E-state index in [1.807, 2.05) is 23.8 Å². The van der Waals surface area contributed by atoms with E-state index in [2.05, 4.69) is 4.98 Å². The molecule has 0 aliphatic heterocycles. The zero-order valence-electron chi connectivity index (χ0n) is 7.07. The summed E-state index contributed by atoms with van der Waals surface area (Å²) in [6.07, 6.45) is 4.31. The summed E-state index contributed by atoms with van der Waals surface area (Å²) in [4.78, 5) is 4.06. The molecule has 0 saturated carbocycles. The summed E-state index contributed by atoms with van der Waals surface area (Å²) in [5, 5.41) is 8.43. The standard InChI is InChI=1S/C8H12N4/c1-7-11-3-5-12(7)4-2-8(10)6-9/h3,5,8H,2,4,10H2,1H3. The maximum atomic E-state index is 8.43. The molecule has 1 aromatic heterocycles. The van der Waals surface area contributed by atoms with Crippen molar-refractivity contribution in [2.45, 2.75) is 25.9 Å².